The average molecular weight is 309 g/mol. The second kappa shape index (κ2) is 5.57. The van der Waals surface area contributed by atoms with Crippen LogP contribution in [0.25, 0.3) is 0 Å². The molecule has 0 N–H and O–H groups in total. The zero-order valence-electron chi connectivity index (χ0n) is 14.8. The van der Waals surface area contributed by atoms with Crippen LogP contribution in [0.4, 0.5) is 4.79 Å². The van der Waals surface area contributed by atoms with Gasteiger partial charge in [0, 0.05) is 18.6 Å². The van der Waals surface area contributed by atoms with Gasteiger partial charge in [0.2, 0.25) is 0 Å². The Balaban J connectivity index is 2.02. The Kier molecular flexibility index (Phi) is 4.39. The lowest BCUT2D eigenvalue weighted by molar-refractivity contribution is 0.00578. The van der Waals surface area contributed by atoms with Crippen LogP contribution < -0.4 is 0 Å². The van der Waals surface area contributed by atoms with Crippen LogP contribution in [-0.2, 0) is 14.0 Å². The van der Waals surface area contributed by atoms with Crippen molar-refractivity contribution in [2.75, 3.05) is 6.54 Å². The molecule has 2 rings (SSSR count). The Hall–Kier alpha value is -1.01. The number of allylic oxidation sites excluding steroid dienone is 1. The van der Waals surface area contributed by atoms with E-state index in [4.69, 9.17) is 14.0 Å². The molecule has 0 radical (unpaired) electrons. The first kappa shape index (κ1) is 17.4. The van der Waals surface area contributed by atoms with Gasteiger partial charge in [0.1, 0.15) is 5.60 Å². The summed E-state index contributed by atoms with van der Waals surface area (Å²) in [7, 11) is -0.306. The molecule has 124 valence electrons. The quantitative estimate of drug-likeness (QED) is 0.694. The smallest absolute Gasteiger partial charge is 0.443 e. The molecule has 1 atom stereocenters. The lowest BCUT2D eigenvalue weighted by Crippen LogP contribution is -2.41. The van der Waals surface area contributed by atoms with Crippen molar-refractivity contribution in [2.24, 2.45) is 0 Å². The van der Waals surface area contributed by atoms with Gasteiger partial charge in [0.05, 0.1) is 11.2 Å². The van der Waals surface area contributed by atoms with Gasteiger partial charge in [0.15, 0.2) is 0 Å². The summed E-state index contributed by atoms with van der Waals surface area (Å²) in [5, 5.41) is 0. The van der Waals surface area contributed by atoms with Gasteiger partial charge >= 0.3 is 13.2 Å². The number of carbonyl (C=O) groups is 1. The molecule has 1 saturated heterocycles. The van der Waals surface area contributed by atoms with Gasteiger partial charge in [0.25, 0.3) is 0 Å². The normalized spacial score (nSPS) is 27.1. The fourth-order valence-electron chi connectivity index (χ4n) is 2.49. The molecule has 0 spiro atoms. The molecule has 1 fully saturated rings. The molecule has 5 nitrogen and oxygen atoms in total. The van der Waals surface area contributed by atoms with E-state index < -0.39 is 5.60 Å². The summed E-state index contributed by atoms with van der Waals surface area (Å²) in [6.07, 6.45) is 4.26. The van der Waals surface area contributed by atoms with Crippen molar-refractivity contribution in [3.63, 3.8) is 0 Å². The maximum absolute atomic E-state index is 12.2. The molecule has 6 heteroatoms. The number of hydrogen-bond donors (Lipinski definition) is 0. The Morgan fingerprint density at radius 2 is 1.77 bits per heavy atom. The largest absolute Gasteiger partial charge is 0.463 e. The second-order valence-electron chi connectivity index (χ2n) is 8.14. The van der Waals surface area contributed by atoms with Crippen molar-refractivity contribution in [2.45, 2.75) is 77.5 Å². The van der Waals surface area contributed by atoms with Gasteiger partial charge < -0.3 is 14.0 Å². The summed E-state index contributed by atoms with van der Waals surface area (Å²) in [6, 6.07) is 0. The molecule has 2 aliphatic rings. The van der Waals surface area contributed by atoms with Gasteiger partial charge in [-0.2, -0.15) is 0 Å². The topological polar surface area (TPSA) is 48.0 Å². The van der Waals surface area contributed by atoms with Crippen LogP contribution in [0.3, 0.4) is 0 Å². The summed E-state index contributed by atoms with van der Waals surface area (Å²) in [4.78, 5) is 13.8. The molecule has 22 heavy (non-hydrogen) atoms. The molecule has 0 aromatic heterocycles. The predicted octanol–water partition coefficient (Wildman–Crippen LogP) is 3.60. The zero-order valence-corrected chi connectivity index (χ0v) is 14.8. The van der Waals surface area contributed by atoms with Crippen molar-refractivity contribution < 1.29 is 18.8 Å². The van der Waals surface area contributed by atoms with Gasteiger partial charge in [-0.1, -0.05) is 6.08 Å². The van der Waals surface area contributed by atoms with Crippen LogP contribution in [0, 0.1) is 0 Å². The van der Waals surface area contributed by atoms with Crippen LogP contribution >= 0.6 is 0 Å². The van der Waals surface area contributed by atoms with E-state index in [0.717, 1.165) is 6.42 Å². The SMILES string of the molecule is CC(C)(C)OC(=O)N1C=CC[C@@H](B2OC(C)(C)C(C)(C)O2)C1. The van der Waals surface area contributed by atoms with Crippen LogP contribution in [0.15, 0.2) is 12.3 Å². The molecule has 2 heterocycles. The van der Waals surface area contributed by atoms with Gasteiger partial charge in [-0.25, -0.2) is 4.79 Å². The van der Waals surface area contributed by atoms with Gasteiger partial charge in [-0.15, -0.1) is 0 Å². The second-order valence-corrected chi connectivity index (χ2v) is 8.14. The van der Waals surface area contributed by atoms with E-state index in [0.29, 0.717) is 6.54 Å². The summed E-state index contributed by atoms with van der Waals surface area (Å²) in [5.74, 6) is 0.110. The third-order valence-electron chi connectivity index (χ3n) is 4.44. The Labute approximate surface area is 134 Å². The van der Waals surface area contributed by atoms with Gasteiger partial charge in [-0.3, -0.25) is 4.90 Å². The molecule has 2 aliphatic heterocycles. The number of hydrogen-bond acceptors (Lipinski definition) is 4. The molecule has 0 bridgehead atoms. The molecule has 0 unspecified atom stereocenters. The fourth-order valence-corrected chi connectivity index (χ4v) is 2.49. The standard InChI is InChI=1S/C16H28BNO4/c1-14(2,3)20-13(19)18-10-8-9-12(11-18)17-21-15(4,5)16(6,7)22-17/h8,10,12H,9,11H2,1-7H3/t12-/m1/s1. The molecular weight excluding hydrogens is 281 g/mol. The van der Waals surface area contributed by atoms with Crippen LogP contribution in [0.1, 0.15) is 54.9 Å². The zero-order chi connectivity index (χ0) is 16.8. The minimum Gasteiger partial charge on any atom is -0.443 e. The maximum Gasteiger partial charge on any atom is 0.463 e. The summed E-state index contributed by atoms with van der Waals surface area (Å²) in [5.41, 5.74) is -1.20. The minimum atomic E-state index is -0.498. The van der Waals surface area contributed by atoms with Crippen molar-refractivity contribution in [1.29, 1.82) is 0 Å². The minimum absolute atomic E-state index is 0.110. The highest BCUT2D eigenvalue weighted by molar-refractivity contribution is 6.47. The fraction of sp³-hybridized carbons (Fsp3) is 0.812. The highest BCUT2D eigenvalue weighted by atomic mass is 16.7. The molecule has 0 aromatic carbocycles. The van der Waals surface area contributed by atoms with Crippen molar-refractivity contribution in [1.82, 2.24) is 4.90 Å². The number of nitrogens with zero attached hydrogens (tertiary/aromatic N) is 1. The first-order valence-corrected chi connectivity index (χ1v) is 7.93. The number of ether oxygens (including phenoxy) is 1. The summed E-state index contributed by atoms with van der Waals surface area (Å²) in [6.45, 7) is 14.3. The predicted molar refractivity (Wildman–Crippen MR) is 86.5 cm³/mol. The highest BCUT2D eigenvalue weighted by Crippen LogP contribution is 2.41. The molecule has 1 amide bonds. The van der Waals surface area contributed by atoms with Crippen molar-refractivity contribution in [3.05, 3.63) is 12.3 Å². The third-order valence-corrected chi connectivity index (χ3v) is 4.44. The van der Waals surface area contributed by atoms with Crippen LogP contribution in [-0.4, -0.2) is 41.5 Å². The van der Waals surface area contributed by atoms with E-state index in [1.807, 2.05) is 54.5 Å². The van der Waals surface area contributed by atoms with E-state index in [2.05, 4.69) is 0 Å². The van der Waals surface area contributed by atoms with Crippen LogP contribution in [0.2, 0.25) is 5.82 Å². The first-order chi connectivity index (χ1) is 9.91. The Bertz CT molecular complexity index is 451. The van der Waals surface area contributed by atoms with Crippen molar-refractivity contribution in [3.8, 4) is 0 Å². The third kappa shape index (κ3) is 3.66. The number of amides is 1. The maximum atomic E-state index is 12.2. The molecule has 0 saturated carbocycles. The van der Waals surface area contributed by atoms with E-state index in [1.165, 1.54) is 0 Å². The van der Waals surface area contributed by atoms with Crippen molar-refractivity contribution >= 4 is 13.2 Å². The molecular formula is C16H28BNO4. The highest BCUT2D eigenvalue weighted by Gasteiger charge is 2.54. The van der Waals surface area contributed by atoms with E-state index in [9.17, 15) is 4.79 Å². The van der Waals surface area contributed by atoms with Gasteiger partial charge in [-0.05, 0) is 54.9 Å². The van der Waals surface area contributed by atoms with E-state index >= 15 is 0 Å². The lowest BCUT2D eigenvalue weighted by atomic mass is 9.69. The lowest BCUT2D eigenvalue weighted by Gasteiger charge is -2.32. The number of carbonyl (C=O) groups excluding carboxylic acids is 1. The number of rotatable bonds is 1. The van der Waals surface area contributed by atoms with Crippen LogP contribution in [0.5, 0.6) is 0 Å². The first-order valence-electron chi connectivity index (χ1n) is 7.93. The Morgan fingerprint density at radius 3 is 2.27 bits per heavy atom. The Morgan fingerprint density at radius 1 is 1.23 bits per heavy atom. The summed E-state index contributed by atoms with van der Waals surface area (Å²) >= 11 is 0. The average Bonchev–Trinajstić information content (AvgIpc) is 2.57. The van der Waals surface area contributed by atoms with E-state index in [1.54, 1.807) is 11.1 Å². The molecule has 0 aliphatic carbocycles. The van der Waals surface area contributed by atoms with E-state index in [-0.39, 0.29) is 30.2 Å². The monoisotopic (exact) mass is 309 g/mol. The molecule has 0 aromatic rings. The summed E-state index contributed by atoms with van der Waals surface area (Å²) < 4.78 is 17.6.